The van der Waals surface area contributed by atoms with E-state index < -0.39 is 0 Å². The highest BCUT2D eigenvalue weighted by Crippen LogP contribution is 2.20. The zero-order valence-corrected chi connectivity index (χ0v) is 10.7. The van der Waals surface area contributed by atoms with Gasteiger partial charge in [0.15, 0.2) is 5.16 Å². The summed E-state index contributed by atoms with van der Waals surface area (Å²) in [5.41, 5.74) is 0. The average molecular weight is 247 g/mol. The van der Waals surface area contributed by atoms with Crippen molar-refractivity contribution in [1.82, 2.24) is 9.97 Å². The van der Waals surface area contributed by atoms with Crippen LogP contribution in [0.5, 0.6) is 5.88 Å². The normalized spacial score (nSPS) is 12.5. The molecule has 0 N–H and O–H groups in total. The molecule has 0 aliphatic rings. The Morgan fingerprint density at radius 3 is 2.87 bits per heavy atom. The third kappa shape index (κ3) is 4.26. The predicted octanol–water partition coefficient (Wildman–Crippen LogP) is 3.42. The summed E-state index contributed by atoms with van der Waals surface area (Å²) in [7, 11) is 0. The van der Waals surface area contributed by atoms with Crippen molar-refractivity contribution in [1.29, 1.82) is 0 Å². The maximum absolute atomic E-state index is 5.84. The van der Waals surface area contributed by atoms with Gasteiger partial charge in [-0.2, -0.15) is 4.98 Å². The molecule has 0 radical (unpaired) electrons. The summed E-state index contributed by atoms with van der Waals surface area (Å²) in [6.45, 7) is 4.15. The summed E-state index contributed by atoms with van der Waals surface area (Å²) in [6.07, 6.45) is 4.17. The second kappa shape index (κ2) is 6.18. The van der Waals surface area contributed by atoms with Crippen LogP contribution in [-0.4, -0.2) is 22.3 Å². The zero-order valence-electron chi connectivity index (χ0n) is 9.16. The van der Waals surface area contributed by atoms with Crippen LogP contribution in [0.25, 0.3) is 0 Å². The Labute approximate surface area is 99.6 Å². The van der Waals surface area contributed by atoms with Gasteiger partial charge in [0.05, 0.1) is 6.10 Å². The van der Waals surface area contributed by atoms with Crippen LogP contribution in [0.3, 0.4) is 0 Å². The summed E-state index contributed by atoms with van der Waals surface area (Å²) < 4.78 is 5.63. The number of aromatic nitrogens is 2. The zero-order chi connectivity index (χ0) is 11.3. The van der Waals surface area contributed by atoms with Gasteiger partial charge in [-0.25, -0.2) is 4.98 Å². The minimum atomic E-state index is 0.163. The minimum absolute atomic E-state index is 0.163. The van der Waals surface area contributed by atoms with Crippen LogP contribution in [0.15, 0.2) is 11.2 Å². The van der Waals surface area contributed by atoms with Crippen LogP contribution < -0.4 is 4.74 Å². The Bertz CT molecular complexity index is 322. The van der Waals surface area contributed by atoms with Crippen molar-refractivity contribution < 1.29 is 4.74 Å². The first-order valence-corrected chi connectivity index (χ1v) is 6.51. The van der Waals surface area contributed by atoms with Crippen LogP contribution in [0.2, 0.25) is 5.15 Å². The molecule has 0 saturated carbocycles. The van der Waals surface area contributed by atoms with E-state index >= 15 is 0 Å². The van der Waals surface area contributed by atoms with Gasteiger partial charge >= 0.3 is 0 Å². The molecule has 0 amide bonds. The highest BCUT2D eigenvalue weighted by molar-refractivity contribution is 7.98. The number of hydrogen-bond acceptors (Lipinski definition) is 4. The standard InChI is InChI=1S/C10H15ClN2OS/c1-4-5-7(2)14-9-6-8(11)12-10(13-9)15-3/h6-7H,4-5H2,1-3H3. The molecule has 1 heterocycles. The molecule has 15 heavy (non-hydrogen) atoms. The van der Waals surface area contributed by atoms with E-state index in [1.54, 1.807) is 6.07 Å². The topological polar surface area (TPSA) is 35.0 Å². The Balaban J connectivity index is 2.71. The number of thioether (sulfide) groups is 1. The Kier molecular flexibility index (Phi) is 5.19. The van der Waals surface area contributed by atoms with Gasteiger partial charge in [-0.3, -0.25) is 0 Å². The molecule has 0 aliphatic heterocycles. The average Bonchev–Trinajstić information content (AvgIpc) is 2.17. The van der Waals surface area contributed by atoms with Crippen LogP contribution in [0, 0.1) is 0 Å². The molecule has 1 rings (SSSR count). The van der Waals surface area contributed by atoms with E-state index in [-0.39, 0.29) is 6.10 Å². The number of halogens is 1. The molecule has 1 atom stereocenters. The van der Waals surface area contributed by atoms with Gasteiger partial charge in [-0.05, 0) is 19.6 Å². The van der Waals surface area contributed by atoms with Crippen molar-refractivity contribution in [2.75, 3.05) is 6.26 Å². The first kappa shape index (κ1) is 12.6. The molecule has 0 aromatic carbocycles. The number of rotatable bonds is 5. The summed E-state index contributed by atoms with van der Waals surface area (Å²) >= 11 is 7.30. The Morgan fingerprint density at radius 1 is 1.53 bits per heavy atom. The molecule has 1 aromatic heterocycles. The fourth-order valence-electron chi connectivity index (χ4n) is 1.20. The van der Waals surface area contributed by atoms with Gasteiger partial charge in [-0.15, -0.1) is 0 Å². The van der Waals surface area contributed by atoms with Gasteiger partial charge in [0, 0.05) is 6.07 Å². The van der Waals surface area contributed by atoms with Gasteiger partial charge in [0.25, 0.3) is 0 Å². The lowest BCUT2D eigenvalue weighted by Gasteiger charge is -2.13. The van der Waals surface area contributed by atoms with Crippen LogP contribution in [0.1, 0.15) is 26.7 Å². The first-order valence-electron chi connectivity index (χ1n) is 4.91. The highest BCUT2D eigenvalue weighted by atomic mass is 35.5. The first-order chi connectivity index (χ1) is 7.15. The summed E-state index contributed by atoms with van der Waals surface area (Å²) in [6, 6.07) is 1.65. The third-order valence-electron chi connectivity index (χ3n) is 1.85. The largest absolute Gasteiger partial charge is 0.475 e. The van der Waals surface area contributed by atoms with Crippen molar-refractivity contribution in [3.8, 4) is 5.88 Å². The molecule has 1 aromatic rings. The third-order valence-corrected chi connectivity index (χ3v) is 2.59. The van der Waals surface area contributed by atoms with E-state index in [0.29, 0.717) is 16.2 Å². The molecule has 0 spiro atoms. The molecule has 1 unspecified atom stereocenters. The van der Waals surface area contributed by atoms with Crippen molar-refractivity contribution >= 4 is 23.4 Å². The number of nitrogens with zero attached hydrogens (tertiary/aromatic N) is 2. The second-order valence-electron chi connectivity index (χ2n) is 3.23. The van der Waals surface area contributed by atoms with Gasteiger partial charge in [0.1, 0.15) is 5.15 Å². The van der Waals surface area contributed by atoms with E-state index in [9.17, 15) is 0 Å². The molecule has 0 saturated heterocycles. The molecule has 5 heteroatoms. The van der Waals surface area contributed by atoms with Gasteiger partial charge in [0.2, 0.25) is 5.88 Å². The van der Waals surface area contributed by atoms with Crippen molar-refractivity contribution in [3.63, 3.8) is 0 Å². The Morgan fingerprint density at radius 2 is 2.27 bits per heavy atom. The van der Waals surface area contributed by atoms with E-state index in [4.69, 9.17) is 16.3 Å². The fourth-order valence-corrected chi connectivity index (χ4v) is 1.79. The molecule has 3 nitrogen and oxygen atoms in total. The van der Waals surface area contributed by atoms with Crippen LogP contribution in [-0.2, 0) is 0 Å². The van der Waals surface area contributed by atoms with Crippen molar-refractivity contribution in [3.05, 3.63) is 11.2 Å². The molecule has 84 valence electrons. The predicted molar refractivity (Wildman–Crippen MR) is 63.8 cm³/mol. The summed E-state index contributed by atoms with van der Waals surface area (Å²) in [4.78, 5) is 8.26. The molecular formula is C10H15ClN2OS. The highest BCUT2D eigenvalue weighted by Gasteiger charge is 2.07. The van der Waals surface area contributed by atoms with E-state index in [2.05, 4.69) is 16.9 Å². The van der Waals surface area contributed by atoms with Crippen molar-refractivity contribution in [2.45, 2.75) is 37.9 Å². The van der Waals surface area contributed by atoms with Crippen molar-refractivity contribution in [2.24, 2.45) is 0 Å². The smallest absolute Gasteiger partial charge is 0.219 e. The summed E-state index contributed by atoms with van der Waals surface area (Å²) in [5.74, 6) is 0.556. The van der Waals surface area contributed by atoms with Gasteiger partial charge < -0.3 is 4.74 Å². The van der Waals surface area contributed by atoms with Gasteiger partial charge in [-0.1, -0.05) is 36.7 Å². The van der Waals surface area contributed by atoms with E-state index in [1.807, 2.05) is 13.2 Å². The SMILES string of the molecule is CCCC(C)Oc1cc(Cl)nc(SC)n1. The Hall–Kier alpha value is -0.480. The molecule has 0 bridgehead atoms. The lowest BCUT2D eigenvalue weighted by atomic mass is 10.2. The maximum Gasteiger partial charge on any atom is 0.219 e. The number of ether oxygens (including phenoxy) is 1. The molecule has 0 aliphatic carbocycles. The van der Waals surface area contributed by atoms with Crippen LogP contribution >= 0.6 is 23.4 Å². The number of hydrogen-bond donors (Lipinski definition) is 0. The molecular weight excluding hydrogens is 232 g/mol. The second-order valence-corrected chi connectivity index (χ2v) is 4.39. The maximum atomic E-state index is 5.84. The van der Waals surface area contributed by atoms with E-state index in [0.717, 1.165) is 12.8 Å². The molecule has 0 fully saturated rings. The minimum Gasteiger partial charge on any atom is -0.475 e. The fraction of sp³-hybridized carbons (Fsp3) is 0.600. The summed E-state index contributed by atoms with van der Waals surface area (Å²) in [5, 5.41) is 1.06. The lowest BCUT2D eigenvalue weighted by molar-refractivity contribution is 0.199. The van der Waals surface area contributed by atoms with E-state index in [1.165, 1.54) is 11.8 Å². The quantitative estimate of drug-likeness (QED) is 0.453. The monoisotopic (exact) mass is 246 g/mol. The lowest BCUT2D eigenvalue weighted by Crippen LogP contribution is -2.12. The van der Waals surface area contributed by atoms with Crippen LogP contribution in [0.4, 0.5) is 0 Å².